The summed E-state index contributed by atoms with van der Waals surface area (Å²) < 4.78 is 5.25. The van der Waals surface area contributed by atoms with E-state index in [-0.39, 0.29) is 24.0 Å². The first-order valence-corrected chi connectivity index (χ1v) is 9.04. The van der Waals surface area contributed by atoms with E-state index in [0.717, 1.165) is 38.5 Å². The molecule has 1 aliphatic carbocycles. The lowest BCUT2D eigenvalue weighted by molar-refractivity contribution is 0.0732. The number of guanidine groups is 1. The highest BCUT2D eigenvalue weighted by molar-refractivity contribution is 14.0. The molecule has 23 heavy (non-hydrogen) atoms. The Morgan fingerprint density at radius 1 is 1.30 bits per heavy atom. The van der Waals surface area contributed by atoms with E-state index in [9.17, 15) is 0 Å². The van der Waals surface area contributed by atoms with Crippen LogP contribution in [0.3, 0.4) is 0 Å². The van der Waals surface area contributed by atoms with Crippen LogP contribution in [-0.4, -0.2) is 33.3 Å². The largest absolute Gasteiger partial charge is 0.385 e. The minimum atomic E-state index is 0. The van der Waals surface area contributed by atoms with Crippen molar-refractivity contribution in [1.29, 1.82) is 0 Å². The van der Waals surface area contributed by atoms with Gasteiger partial charge in [-0.05, 0) is 43.2 Å². The summed E-state index contributed by atoms with van der Waals surface area (Å²) in [7, 11) is 3.62. The van der Waals surface area contributed by atoms with Crippen molar-refractivity contribution in [2.24, 2.45) is 10.4 Å². The van der Waals surface area contributed by atoms with E-state index in [0.29, 0.717) is 5.41 Å². The molecule has 132 valence electrons. The molecule has 0 atom stereocenters. The molecule has 0 bridgehead atoms. The molecule has 6 heteroatoms. The molecule has 1 heterocycles. The molecule has 1 saturated carbocycles. The van der Waals surface area contributed by atoms with Crippen LogP contribution in [0, 0.1) is 5.41 Å². The van der Waals surface area contributed by atoms with Gasteiger partial charge in [0.2, 0.25) is 0 Å². The molecule has 0 aromatic carbocycles. The summed E-state index contributed by atoms with van der Waals surface area (Å²) in [5.74, 6) is 0.898. The summed E-state index contributed by atoms with van der Waals surface area (Å²) in [6, 6.07) is 4.42. The summed E-state index contributed by atoms with van der Waals surface area (Å²) in [6.45, 7) is 4.88. The van der Waals surface area contributed by atoms with Gasteiger partial charge in [0.1, 0.15) is 0 Å². The molecular weight excluding hydrogens is 421 g/mol. The number of hydrogen-bond donors (Lipinski definition) is 2. The number of aryl methyl sites for hydroxylation is 1. The van der Waals surface area contributed by atoms with Gasteiger partial charge < -0.3 is 15.4 Å². The minimum absolute atomic E-state index is 0. The first-order valence-electron chi connectivity index (χ1n) is 8.22. The standard InChI is InChI=1S/C17H29N3OS.HI/c1-4-14-6-7-15(22-14)12-19-16(18-2)20-13-17(8-5-9-17)10-11-21-3;/h6-7H,4-5,8-13H2,1-3H3,(H2,18,19,20);1H. The van der Waals surface area contributed by atoms with Crippen LogP contribution in [0.4, 0.5) is 0 Å². The number of nitrogens with zero attached hydrogens (tertiary/aromatic N) is 1. The maximum atomic E-state index is 5.25. The van der Waals surface area contributed by atoms with Crippen LogP contribution in [-0.2, 0) is 17.7 Å². The molecule has 0 radical (unpaired) electrons. The maximum Gasteiger partial charge on any atom is 0.191 e. The Bertz CT molecular complexity index is 486. The van der Waals surface area contributed by atoms with E-state index in [1.54, 1.807) is 7.11 Å². The third-order valence-corrected chi connectivity index (χ3v) is 5.83. The predicted molar refractivity (Wildman–Crippen MR) is 110 cm³/mol. The number of hydrogen-bond acceptors (Lipinski definition) is 3. The highest BCUT2D eigenvalue weighted by Crippen LogP contribution is 2.43. The Balaban J connectivity index is 0.00000264. The lowest BCUT2D eigenvalue weighted by Gasteiger charge is -2.42. The van der Waals surface area contributed by atoms with E-state index >= 15 is 0 Å². The number of thiophene rings is 1. The number of halogens is 1. The fraction of sp³-hybridized carbons (Fsp3) is 0.706. The zero-order valence-corrected chi connectivity index (χ0v) is 17.6. The average molecular weight is 451 g/mol. The van der Waals surface area contributed by atoms with Crippen LogP contribution in [0.15, 0.2) is 17.1 Å². The Kier molecular flexibility index (Phi) is 9.46. The van der Waals surface area contributed by atoms with Crippen LogP contribution >= 0.6 is 35.3 Å². The van der Waals surface area contributed by atoms with Crippen LogP contribution < -0.4 is 10.6 Å². The Hall–Kier alpha value is -0.340. The summed E-state index contributed by atoms with van der Waals surface area (Å²) >= 11 is 1.87. The van der Waals surface area contributed by atoms with Crippen molar-refractivity contribution in [2.75, 3.05) is 27.3 Å². The van der Waals surface area contributed by atoms with E-state index in [1.165, 1.54) is 29.0 Å². The quantitative estimate of drug-likeness (QED) is 0.359. The van der Waals surface area contributed by atoms with Gasteiger partial charge in [-0.2, -0.15) is 0 Å². The molecule has 1 aromatic heterocycles. The number of nitrogens with one attached hydrogen (secondary N) is 2. The van der Waals surface area contributed by atoms with Gasteiger partial charge >= 0.3 is 0 Å². The van der Waals surface area contributed by atoms with Gasteiger partial charge in [-0.25, -0.2) is 0 Å². The number of rotatable bonds is 8. The van der Waals surface area contributed by atoms with Crippen molar-refractivity contribution in [2.45, 2.75) is 45.6 Å². The highest BCUT2D eigenvalue weighted by atomic mass is 127. The Morgan fingerprint density at radius 2 is 2.04 bits per heavy atom. The first-order chi connectivity index (χ1) is 10.7. The normalized spacial score (nSPS) is 16.4. The van der Waals surface area contributed by atoms with Crippen LogP contribution in [0.1, 0.15) is 42.4 Å². The van der Waals surface area contributed by atoms with Gasteiger partial charge in [0.25, 0.3) is 0 Å². The van der Waals surface area contributed by atoms with E-state index in [1.807, 2.05) is 18.4 Å². The molecule has 2 N–H and O–H groups in total. The SMILES string of the molecule is CCc1ccc(CNC(=NC)NCC2(CCOC)CCC2)s1.I. The van der Waals surface area contributed by atoms with Gasteiger partial charge in [0, 0.05) is 37.1 Å². The first kappa shape index (κ1) is 20.7. The maximum absolute atomic E-state index is 5.25. The highest BCUT2D eigenvalue weighted by Gasteiger charge is 2.36. The number of methoxy groups -OCH3 is 1. The molecule has 1 aromatic rings. The molecule has 0 unspecified atom stereocenters. The monoisotopic (exact) mass is 451 g/mol. The van der Waals surface area contributed by atoms with Gasteiger partial charge in [0.15, 0.2) is 5.96 Å². The molecule has 0 amide bonds. The third-order valence-electron chi connectivity index (χ3n) is 4.60. The lowest BCUT2D eigenvalue weighted by Crippen LogP contribution is -2.46. The van der Waals surface area contributed by atoms with Crippen molar-refractivity contribution in [3.63, 3.8) is 0 Å². The summed E-state index contributed by atoms with van der Waals surface area (Å²) in [5.41, 5.74) is 0.409. The summed E-state index contributed by atoms with van der Waals surface area (Å²) in [4.78, 5) is 7.14. The fourth-order valence-corrected chi connectivity index (χ4v) is 3.78. The number of aliphatic imine (C=N–C) groups is 1. The van der Waals surface area contributed by atoms with Crippen LogP contribution in [0.5, 0.6) is 0 Å². The molecular formula is C17H30IN3OS. The summed E-state index contributed by atoms with van der Waals surface area (Å²) in [5, 5.41) is 6.92. The van der Waals surface area contributed by atoms with Crippen LogP contribution in [0.25, 0.3) is 0 Å². The zero-order chi connectivity index (χ0) is 15.8. The van der Waals surface area contributed by atoms with Gasteiger partial charge in [-0.3, -0.25) is 4.99 Å². The smallest absolute Gasteiger partial charge is 0.191 e. The Labute approximate surface area is 161 Å². The molecule has 4 nitrogen and oxygen atoms in total. The van der Waals surface area contributed by atoms with Crippen molar-refractivity contribution in [3.8, 4) is 0 Å². The van der Waals surface area contributed by atoms with E-state index < -0.39 is 0 Å². The molecule has 1 aliphatic rings. The van der Waals surface area contributed by atoms with E-state index in [2.05, 4.69) is 34.7 Å². The van der Waals surface area contributed by atoms with Crippen molar-refractivity contribution in [1.82, 2.24) is 10.6 Å². The molecule has 0 spiro atoms. The number of ether oxygens (including phenoxy) is 1. The second-order valence-corrected chi connectivity index (χ2v) is 7.35. The van der Waals surface area contributed by atoms with Crippen molar-refractivity contribution >= 4 is 41.3 Å². The zero-order valence-electron chi connectivity index (χ0n) is 14.5. The van der Waals surface area contributed by atoms with Gasteiger partial charge in [-0.15, -0.1) is 35.3 Å². The van der Waals surface area contributed by atoms with E-state index in [4.69, 9.17) is 4.74 Å². The molecule has 2 rings (SSSR count). The van der Waals surface area contributed by atoms with Gasteiger partial charge in [-0.1, -0.05) is 13.3 Å². The predicted octanol–water partition coefficient (Wildman–Crippen LogP) is 3.80. The lowest BCUT2D eigenvalue weighted by atomic mass is 9.67. The topological polar surface area (TPSA) is 45.7 Å². The van der Waals surface area contributed by atoms with Crippen molar-refractivity contribution < 1.29 is 4.74 Å². The van der Waals surface area contributed by atoms with Crippen molar-refractivity contribution in [3.05, 3.63) is 21.9 Å². The molecule has 1 fully saturated rings. The third kappa shape index (κ3) is 6.23. The van der Waals surface area contributed by atoms with Crippen LogP contribution in [0.2, 0.25) is 0 Å². The second kappa shape index (κ2) is 10.5. The average Bonchev–Trinajstić information content (AvgIpc) is 2.96. The van der Waals surface area contributed by atoms with Gasteiger partial charge in [0.05, 0.1) is 6.54 Å². The minimum Gasteiger partial charge on any atom is -0.385 e. The Morgan fingerprint density at radius 3 is 2.57 bits per heavy atom. The molecule has 0 aliphatic heterocycles. The fourth-order valence-electron chi connectivity index (χ4n) is 2.88. The molecule has 0 saturated heterocycles. The second-order valence-electron chi connectivity index (χ2n) is 6.10. The summed E-state index contributed by atoms with van der Waals surface area (Å²) in [6.07, 6.45) is 6.18.